The van der Waals surface area contributed by atoms with Crippen LogP contribution in [0.25, 0.3) is 61.8 Å². The number of ketones is 1. The maximum Gasteiger partial charge on any atom is 0.238 e. The SMILES string of the molecule is CC(=O)c1cn(-c2ccccc2C)[n+](C)c1.Cc1c(F)c(F)c(F)c(F)c1-c1ccc(-c2ccccc2)nc1.Cc1ccccc1-[n+]1ccc(C)n1C.Cc1ccccc1-n1cc(Cl)c[n+]1C.Fc1c(F)c(F)c(-c2ccnc(-c3ccccc3)c2)c(F)c1F. The molecule has 90 heavy (non-hydrogen) atoms. The van der Waals surface area contributed by atoms with E-state index in [4.69, 9.17) is 11.6 Å². The van der Waals surface area contributed by atoms with Crippen LogP contribution in [0.2, 0.25) is 5.02 Å². The van der Waals surface area contributed by atoms with Crippen molar-refractivity contribution in [2.45, 2.75) is 41.5 Å². The summed E-state index contributed by atoms with van der Waals surface area (Å²) in [6.07, 6.45) is 12.1. The number of rotatable bonds is 8. The highest BCUT2D eigenvalue weighted by atomic mass is 35.5. The minimum absolute atomic E-state index is 0.0861. The molecule has 0 spiro atoms. The lowest BCUT2D eigenvalue weighted by molar-refractivity contribution is -0.744. The number of pyridine rings is 2. The molecule has 0 unspecified atom stereocenters. The number of hydrogen-bond donors (Lipinski definition) is 0. The molecule has 12 rings (SSSR count). The van der Waals surface area contributed by atoms with Crippen LogP contribution in [0.3, 0.4) is 0 Å². The Kier molecular flexibility index (Phi) is 21.3. The number of benzene rings is 7. The minimum atomic E-state index is -2.18. The lowest BCUT2D eigenvalue weighted by Gasteiger charge is -2.11. The molecular formula is C71H61ClF9N8O+3. The third kappa shape index (κ3) is 14.8. The van der Waals surface area contributed by atoms with Gasteiger partial charge in [0.1, 0.15) is 22.0 Å². The highest BCUT2D eigenvalue weighted by molar-refractivity contribution is 6.30. The Labute approximate surface area is 520 Å². The number of para-hydroxylation sites is 3. The van der Waals surface area contributed by atoms with Gasteiger partial charge < -0.3 is 0 Å². The van der Waals surface area contributed by atoms with E-state index in [1.54, 1.807) is 43.3 Å². The average molecular weight is 1250 g/mol. The molecule has 5 aromatic heterocycles. The Hall–Kier alpha value is -10.2. The average Bonchev–Trinajstić information content (AvgIpc) is 3.17. The molecule has 0 N–H and O–H groups in total. The first kappa shape index (κ1) is 65.8. The molecule has 0 bridgehead atoms. The van der Waals surface area contributed by atoms with Crippen LogP contribution in [-0.2, 0) is 21.1 Å². The number of aromatic nitrogens is 8. The number of aryl methyl sites for hydroxylation is 6. The van der Waals surface area contributed by atoms with Crippen molar-refractivity contribution in [2.75, 3.05) is 0 Å². The zero-order valence-electron chi connectivity index (χ0n) is 50.4. The zero-order chi connectivity index (χ0) is 65.1. The zero-order valence-corrected chi connectivity index (χ0v) is 51.2. The van der Waals surface area contributed by atoms with Gasteiger partial charge in [-0.15, -0.1) is 18.7 Å². The van der Waals surface area contributed by atoms with E-state index < -0.39 is 57.9 Å². The standard InChI is InChI=1S/C18H11F4N.C17H8F5N.C13H15N2O.C12H15N2.C11H12ClN2/c1-10-14(16(20)18(22)17(21)15(10)19)12-7-8-13(23-9-12)11-5-3-2-4-6-11;18-13-12(14(19)16(21)17(22)15(13)20)10-6-7-23-11(8-10)9-4-2-1-3-5-9;1-10-6-4-5-7-13(10)15-9-12(11(2)16)8-14(15)3;1-10-6-4-5-7-12(10)14-9-8-11(2)13(14)3;1-9-5-3-4-6-11(9)14-8-10(12)7-13(14)2/h2-9H,1H3;1-8H;4-9H,1-3H3;4-9H,1-3H3;3-8H,1-2H3/q;;3*+1. The molecular weight excluding hydrogens is 1190 g/mol. The van der Waals surface area contributed by atoms with Gasteiger partial charge in [0.2, 0.25) is 30.1 Å². The largest absolute Gasteiger partial charge is 0.294 e. The van der Waals surface area contributed by atoms with Gasteiger partial charge in [0, 0.05) is 52.3 Å². The summed E-state index contributed by atoms with van der Waals surface area (Å²) >= 11 is 5.93. The molecule has 0 amide bonds. The quantitative estimate of drug-likeness (QED) is 0.0500. The first-order chi connectivity index (χ1) is 43.0. The summed E-state index contributed by atoms with van der Waals surface area (Å²) < 4.78 is 134. The molecule has 19 heteroatoms. The molecule has 0 aliphatic carbocycles. The van der Waals surface area contributed by atoms with Crippen LogP contribution in [0, 0.1) is 87.0 Å². The van der Waals surface area contributed by atoms with Crippen molar-refractivity contribution in [1.29, 1.82) is 0 Å². The number of halogens is 10. The summed E-state index contributed by atoms with van der Waals surface area (Å²) in [6.45, 7) is 11.2. The Bertz CT molecular complexity index is 4410. The lowest BCUT2D eigenvalue weighted by Crippen LogP contribution is -2.39. The molecule has 0 saturated heterocycles. The summed E-state index contributed by atoms with van der Waals surface area (Å²) in [5.74, 6) is -16.2. The van der Waals surface area contributed by atoms with Crippen LogP contribution in [0.15, 0.2) is 207 Å². The van der Waals surface area contributed by atoms with Gasteiger partial charge >= 0.3 is 0 Å². The molecule has 0 fully saturated rings. The summed E-state index contributed by atoms with van der Waals surface area (Å²) in [7, 11) is 5.97. The second-order valence-corrected chi connectivity index (χ2v) is 21.2. The molecule has 0 saturated carbocycles. The Balaban J connectivity index is 0.000000148. The van der Waals surface area contributed by atoms with Crippen molar-refractivity contribution in [3.8, 4) is 61.8 Å². The van der Waals surface area contributed by atoms with Gasteiger partial charge in [0.15, 0.2) is 66.4 Å². The smallest absolute Gasteiger partial charge is 0.238 e. The van der Waals surface area contributed by atoms with Crippen molar-refractivity contribution in [2.24, 2.45) is 21.1 Å². The first-order valence-electron chi connectivity index (χ1n) is 27.9. The van der Waals surface area contributed by atoms with E-state index in [-0.39, 0.29) is 28.0 Å². The maximum absolute atomic E-state index is 14.0. The monoisotopic (exact) mass is 1250 g/mol. The first-order valence-corrected chi connectivity index (χ1v) is 28.3. The Morgan fingerprint density at radius 3 is 1.42 bits per heavy atom. The molecule has 9 nitrogen and oxygen atoms in total. The molecule has 7 aromatic carbocycles. The molecule has 0 aliphatic heterocycles. The lowest BCUT2D eigenvalue weighted by atomic mass is 9.99. The van der Waals surface area contributed by atoms with Crippen LogP contribution < -0.4 is 14.0 Å². The number of nitrogens with zero attached hydrogens (tertiary/aromatic N) is 8. The summed E-state index contributed by atoms with van der Waals surface area (Å²) in [4.78, 5) is 19.5. The topological polar surface area (TPSA) is 69.3 Å². The van der Waals surface area contributed by atoms with Gasteiger partial charge in [-0.3, -0.25) is 14.8 Å². The molecule has 458 valence electrons. The van der Waals surface area contributed by atoms with Crippen LogP contribution >= 0.6 is 11.6 Å². The van der Waals surface area contributed by atoms with Gasteiger partial charge in [-0.2, -0.15) is 4.68 Å². The number of hydrogen-bond acceptors (Lipinski definition) is 3. The van der Waals surface area contributed by atoms with Gasteiger partial charge in [-0.05, 0) is 94.1 Å². The molecule has 0 radical (unpaired) electrons. The third-order valence-corrected chi connectivity index (χ3v) is 14.8. The van der Waals surface area contributed by atoms with E-state index in [1.165, 1.54) is 65.6 Å². The summed E-state index contributed by atoms with van der Waals surface area (Å²) in [5, 5.41) is 0.746. The predicted molar refractivity (Wildman–Crippen MR) is 329 cm³/mol. The van der Waals surface area contributed by atoms with Gasteiger partial charge in [0.05, 0.1) is 42.1 Å². The Morgan fingerprint density at radius 1 is 0.467 bits per heavy atom. The summed E-state index contributed by atoms with van der Waals surface area (Å²) in [6, 6.07) is 50.3. The van der Waals surface area contributed by atoms with Crippen LogP contribution in [0.4, 0.5) is 39.5 Å². The van der Waals surface area contributed by atoms with E-state index >= 15 is 0 Å². The second kappa shape index (κ2) is 29.2. The number of Topliss-reactive ketones (excluding diaryl/α,β-unsaturated/α-hetero) is 1. The second-order valence-electron chi connectivity index (χ2n) is 20.7. The number of carbonyl (C=O) groups excluding carboxylic acids is 1. The van der Waals surface area contributed by atoms with E-state index in [0.717, 1.165) is 27.5 Å². The highest BCUT2D eigenvalue weighted by Gasteiger charge is 2.28. The van der Waals surface area contributed by atoms with Gasteiger partial charge in [0.25, 0.3) is 0 Å². The fourth-order valence-electron chi connectivity index (χ4n) is 9.54. The van der Waals surface area contributed by atoms with Crippen molar-refractivity contribution in [3.63, 3.8) is 0 Å². The van der Waals surface area contributed by atoms with Crippen molar-refractivity contribution in [1.82, 2.24) is 24.0 Å². The van der Waals surface area contributed by atoms with E-state index in [1.807, 2.05) is 118 Å². The fourth-order valence-corrected chi connectivity index (χ4v) is 9.77. The fraction of sp³-hybridized carbons (Fsp3) is 0.127. The minimum Gasteiger partial charge on any atom is -0.294 e. The maximum atomic E-state index is 14.0. The predicted octanol–water partition coefficient (Wildman–Crippen LogP) is 16.4. The third-order valence-electron chi connectivity index (χ3n) is 14.6. The van der Waals surface area contributed by atoms with Crippen LogP contribution in [-0.4, -0.2) is 29.8 Å². The van der Waals surface area contributed by atoms with E-state index in [2.05, 4.69) is 109 Å². The Morgan fingerprint density at radius 2 is 0.944 bits per heavy atom. The van der Waals surface area contributed by atoms with Crippen LogP contribution in [0.1, 0.15) is 45.2 Å². The van der Waals surface area contributed by atoms with Gasteiger partial charge in [-0.25, -0.2) is 39.5 Å². The van der Waals surface area contributed by atoms with E-state index in [0.29, 0.717) is 17.0 Å². The van der Waals surface area contributed by atoms with E-state index in [9.17, 15) is 44.3 Å². The highest BCUT2D eigenvalue weighted by Crippen LogP contribution is 2.35. The molecule has 0 aliphatic rings. The van der Waals surface area contributed by atoms with Gasteiger partial charge in [-0.1, -0.05) is 138 Å². The number of carbonyl (C=O) groups is 1. The molecule has 5 heterocycles. The molecule has 0 atom stereocenters. The van der Waals surface area contributed by atoms with Crippen molar-refractivity contribution < 1.29 is 58.4 Å². The van der Waals surface area contributed by atoms with Crippen molar-refractivity contribution >= 4 is 17.4 Å². The summed E-state index contributed by atoms with van der Waals surface area (Å²) in [5.41, 5.74) is 10.1. The van der Waals surface area contributed by atoms with Crippen LogP contribution in [0.5, 0.6) is 0 Å². The van der Waals surface area contributed by atoms with Crippen molar-refractivity contribution in [3.05, 3.63) is 298 Å². The molecule has 12 aromatic rings. The normalized spacial score (nSPS) is 10.7.